The van der Waals surface area contributed by atoms with E-state index in [1.54, 1.807) is 39.8 Å². The van der Waals surface area contributed by atoms with Crippen LogP contribution in [0.25, 0.3) is 0 Å². The normalized spacial score (nSPS) is 24.8. The van der Waals surface area contributed by atoms with Gasteiger partial charge in [0.2, 0.25) is 0 Å². The number of nitrogens with zero attached hydrogens (tertiary/aromatic N) is 2. The standard InChI is InChI=1S/C23H27BrF2N2O4/c1-5-31-20(29)17-10-16(17)19-7-6-15(12-27-19)28(21(30)32-22(2,3)4)13-14-8-9-23(24,26)11-18(14)25/h6-9,12,16-17H,5,10-11,13H2,1-4H3/t16-,17-,23?/m0/s1. The van der Waals surface area contributed by atoms with Crippen LogP contribution in [-0.2, 0) is 14.3 Å². The van der Waals surface area contributed by atoms with E-state index in [1.165, 1.54) is 23.2 Å². The highest BCUT2D eigenvalue weighted by Gasteiger charge is 2.46. The number of carbonyl (C=O) groups excluding carboxylic acids is 2. The summed E-state index contributed by atoms with van der Waals surface area (Å²) in [6.07, 6.45) is 3.56. The van der Waals surface area contributed by atoms with Gasteiger partial charge in [0, 0.05) is 23.6 Å². The molecule has 1 amide bonds. The van der Waals surface area contributed by atoms with E-state index in [1.807, 2.05) is 0 Å². The van der Waals surface area contributed by atoms with Crippen molar-refractivity contribution < 1.29 is 27.8 Å². The smallest absolute Gasteiger partial charge is 0.415 e. The summed E-state index contributed by atoms with van der Waals surface area (Å²) in [5.74, 6) is -1.11. The van der Waals surface area contributed by atoms with Crippen LogP contribution in [0.5, 0.6) is 0 Å². The van der Waals surface area contributed by atoms with E-state index < -0.39 is 28.5 Å². The van der Waals surface area contributed by atoms with Crippen molar-refractivity contribution in [3.8, 4) is 0 Å². The summed E-state index contributed by atoms with van der Waals surface area (Å²) in [4.78, 5) is 30.4. The minimum absolute atomic E-state index is 0.0175. The lowest BCUT2D eigenvalue weighted by Crippen LogP contribution is -2.38. The Morgan fingerprint density at radius 1 is 1.34 bits per heavy atom. The Morgan fingerprint density at radius 2 is 2.06 bits per heavy atom. The second-order valence-electron chi connectivity index (χ2n) is 8.91. The molecule has 0 aliphatic heterocycles. The Kier molecular flexibility index (Phi) is 7.07. The molecule has 0 radical (unpaired) electrons. The fraction of sp³-hybridized carbons (Fsp3) is 0.522. The number of allylic oxidation sites excluding steroid dienone is 2. The number of amides is 1. The first-order valence-corrected chi connectivity index (χ1v) is 11.3. The molecule has 1 aromatic rings. The molecule has 32 heavy (non-hydrogen) atoms. The van der Waals surface area contributed by atoms with Gasteiger partial charge in [-0.15, -0.1) is 0 Å². The maximum Gasteiger partial charge on any atom is 0.415 e. The Bertz CT molecular complexity index is 938. The second kappa shape index (κ2) is 9.29. The molecular weight excluding hydrogens is 486 g/mol. The molecule has 9 heteroatoms. The van der Waals surface area contributed by atoms with Gasteiger partial charge in [-0.3, -0.25) is 14.7 Å². The highest BCUT2D eigenvalue weighted by molar-refractivity contribution is 9.10. The van der Waals surface area contributed by atoms with Crippen molar-refractivity contribution in [1.29, 1.82) is 0 Å². The van der Waals surface area contributed by atoms with E-state index in [0.29, 0.717) is 18.7 Å². The van der Waals surface area contributed by atoms with Crippen LogP contribution in [0, 0.1) is 5.92 Å². The summed E-state index contributed by atoms with van der Waals surface area (Å²) in [5.41, 5.74) is 0.543. The summed E-state index contributed by atoms with van der Waals surface area (Å²) in [5, 5.41) is 0. The number of aromatic nitrogens is 1. The van der Waals surface area contributed by atoms with Crippen LogP contribution in [0.3, 0.4) is 0 Å². The lowest BCUT2D eigenvalue weighted by atomic mass is 10.0. The number of esters is 1. The third-order valence-corrected chi connectivity index (χ3v) is 5.60. The molecule has 1 saturated carbocycles. The van der Waals surface area contributed by atoms with E-state index in [0.717, 1.165) is 5.69 Å². The van der Waals surface area contributed by atoms with E-state index in [-0.39, 0.29) is 29.9 Å². The van der Waals surface area contributed by atoms with Gasteiger partial charge in [-0.2, -0.15) is 0 Å². The van der Waals surface area contributed by atoms with Gasteiger partial charge in [0.15, 0.2) is 4.58 Å². The molecule has 0 aromatic carbocycles. The predicted molar refractivity (Wildman–Crippen MR) is 120 cm³/mol. The van der Waals surface area contributed by atoms with Crippen molar-refractivity contribution in [3.63, 3.8) is 0 Å². The van der Waals surface area contributed by atoms with Crippen LogP contribution in [0.4, 0.5) is 19.3 Å². The Balaban J connectivity index is 1.80. The average Bonchev–Trinajstić information content (AvgIpc) is 3.47. The maximum atomic E-state index is 14.5. The first-order chi connectivity index (χ1) is 14.9. The lowest BCUT2D eigenvalue weighted by molar-refractivity contribution is -0.144. The Morgan fingerprint density at radius 3 is 2.62 bits per heavy atom. The third kappa shape index (κ3) is 6.15. The zero-order valence-corrected chi connectivity index (χ0v) is 20.1. The molecular formula is C23H27BrF2N2O4. The quantitative estimate of drug-likeness (QED) is 0.359. The molecule has 1 aromatic heterocycles. The second-order valence-corrected chi connectivity index (χ2v) is 10.2. The maximum absolute atomic E-state index is 14.5. The highest BCUT2D eigenvalue weighted by atomic mass is 79.9. The summed E-state index contributed by atoms with van der Waals surface area (Å²) in [6.45, 7) is 7.15. The molecule has 6 nitrogen and oxygen atoms in total. The van der Waals surface area contributed by atoms with Crippen molar-refractivity contribution in [1.82, 2.24) is 4.98 Å². The number of carbonyl (C=O) groups is 2. The number of rotatable bonds is 6. The van der Waals surface area contributed by atoms with Crippen LogP contribution in [0.1, 0.15) is 52.1 Å². The number of alkyl halides is 2. The lowest BCUT2D eigenvalue weighted by Gasteiger charge is -2.29. The topological polar surface area (TPSA) is 68.7 Å². The Labute approximate surface area is 194 Å². The number of hydrogen-bond donors (Lipinski definition) is 0. The predicted octanol–water partition coefficient (Wildman–Crippen LogP) is 5.73. The van der Waals surface area contributed by atoms with Crippen molar-refractivity contribution in [2.75, 3.05) is 18.1 Å². The van der Waals surface area contributed by atoms with E-state index >= 15 is 0 Å². The van der Waals surface area contributed by atoms with Crippen molar-refractivity contribution in [3.05, 3.63) is 47.6 Å². The average molecular weight is 513 g/mol. The van der Waals surface area contributed by atoms with Crippen molar-refractivity contribution in [2.24, 2.45) is 5.92 Å². The highest BCUT2D eigenvalue weighted by Crippen LogP contribution is 2.47. The molecule has 3 rings (SSSR count). The number of pyridine rings is 1. The molecule has 1 heterocycles. The molecule has 0 spiro atoms. The van der Waals surface area contributed by atoms with Gasteiger partial charge in [-0.05, 0) is 68.3 Å². The molecule has 3 atom stereocenters. The van der Waals surface area contributed by atoms with Crippen LogP contribution < -0.4 is 4.90 Å². The summed E-state index contributed by atoms with van der Waals surface area (Å²) in [7, 11) is 0. The zero-order chi connectivity index (χ0) is 23.7. The summed E-state index contributed by atoms with van der Waals surface area (Å²) >= 11 is 2.82. The van der Waals surface area contributed by atoms with Crippen LogP contribution in [0.2, 0.25) is 0 Å². The molecule has 1 fully saturated rings. The SMILES string of the molecule is CCOC(=O)[C@H]1C[C@@H]1c1ccc(N(CC2=C(F)CC(F)(Br)C=C2)C(=O)OC(C)(C)C)cn1. The molecule has 0 saturated heterocycles. The molecule has 0 bridgehead atoms. The fourth-order valence-corrected chi connectivity index (χ4v) is 3.77. The van der Waals surface area contributed by atoms with Crippen molar-refractivity contribution >= 4 is 33.7 Å². The van der Waals surface area contributed by atoms with Gasteiger partial charge in [0.25, 0.3) is 0 Å². The Hall–Kier alpha value is -2.29. The van der Waals surface area contributed by atoms with E-state index in [9.17, 15) is 18.4 Å². The number of hydrogen-bond acceptors (Lipinski definition) is 5. The van der Waals surface area contributed by atoms with Gasteiger partial charge in [-0.25, -0.2) is 13.6 Å². The first kappa shape index (κ1) is 24.4. The monoisotopic (exact) mass is 512 g/mol. The van der Waals surface area contributed by atoms with Crippen molar-refractivity contribution in [2.45, 2.75) is 56.6 Å². The zero-order valence-electron chi connectivity index (χ0n) is 18.5. The third-order valence-electron chi connectivity index (χ3n) is 5.05. The van der Waals surface area contributed by atoms with Crippen LogP contribution in [-0.4, -0.2) is 40.4 Å². The number of halogens is 3. The summed E-state index contributed by atoms with van der Waals surface area (Å²) in [6, 6.07) is 3.42. The molecule has 2 aliphatic carbocycles. The molecule has 0 N–H and O–H groups in total. The van der Waals surface area contributed by atoms with Gasteiger partial charge in [-0.1, -0.05) is 6.08 Å². The van der Waals surface area contributed by atoms with Crippen LogP contribution >= 0.6 is 15.9 Å². The number of anilines is 1. The molecule has 174 valence electrons. The van der Waals surface area contributed by atoms with Crippen LogP contribution in [0.15, 0.2) is 41.9 Å². The summed E-state index contributed by atoms with van der Waals surface area (Å²) < 4.78 is 37.1. The minimum atomic E-state index is -1.94. The van der Waals surface area contributed by atoms with E-state index in [4.69, 9.17) is 9.47 Å². The molecule has 1 unspecified atom stereocenters. The van der Waals surface area contributed by atoms with E-state index in [2.05, 4.69) is 20.9 Å². The largest absolute Gasteiger partial charge is 0.466 e. The van der Waals surface area contributed by atoms with Gasteiger partial charge < -0.3 is 9.47 Å². The fourth-order valence-electron chi connectivity index (χ4n) is 3.39. The number of ether oxygens (including phenoxy) is 2. The minimum Gasteiger partial charge on any atom is -0.466 e. The first-order valence-electron chi connectivity index (χ1n) is 10.5. The molecule has 2 aliphatic rings. The van der Waals surface area contributed by atoms with Gasteiger partial charge in [0.1, 0.15) is 11.4 Å². The van der Waals surface area contributed by atoms with Gasteiger partial charge in [0.05, 0.1) is 31.0 Å². The van der Waals surface area contributed by atoms with Gasteiger partial charge >= 0.3 is 12.1 Å².